The Morgan fingerprint density at radius 2 is 2.05 bits per heavy atom. The van der Waals surface area contributed by atoms with Crippen molar-refractivity contribution < 1.29 is 0 Å². The first-order chi connectivity index (χ1) is 9.80. The molecule has 0 aromatic heterocycles. The summed E-state index contributed by atoms with van der Waals surface area (Å²) in [7, 11) is 1.93. The van der Waals surface area contributed by atoms with Crippen LogP contribution < -0.4 is 10.2 Å². The van der Waals surface area contributed by atoms with Crippen LogP contribution in [0.5, 0.6) is 0 Å². The Balaban J connectivity index is 2.26. The van der Waals surface area contributed by atoms with Crippen LogP contribution in [0.15, 0.2) is 18.2 Å². The van der Waals surface area contributed by atoms with Gasteiger partial charge in [0.1, 0.15) is 6.07 Å². The Kier molecular flexibility index (Phi) is 5.43. The molecule has 20 heavy (non-hydrogen) atoms. The normalized spacial score (nSPS) is 15.8. The van der Waals surface area contributed by atoms with Crippen LogP contribution in [-0.2, 0) is 6.54 Å². The number of rotatable bonds is 5. The fraction of sp³-hybridized carbons (Fsp3) is 0.588. The Morgan fingerprint density at radius 1 is 1.30 bits per heavy atom. The van der Waals surface area contributed by atoms with Gasteiger partial charge in [-0.25, -0.2) is 0 Å². The minimum absolute atomic E-state index is 0.607. The smallest absolute Gasteiger partial charge is 0.101 e. The third-order valence-electron chi connectivity index (χ3n) is 4.23. The molecule has 0 spiro atoms. The summed E-state index contributed by atoms with van der Waals surface area (Å²) in [5.74, 6) is 0. The molecule has 0 bridgehead atoms. The third kappa shape index (κ3) is 3.32. The van der Waals surface area contributed by atoms with E-state index >= 15 is 0 Å². The van der Waals surface area contributed by atoms with Crippen molar-refractivity contribution in [3.8, 4) is 6.07 Å². The first kappa shape index (κ1) is 14.9. The molecule has 3 heteroatoms. The zero-order valence-corrected chi connectivity index (χ0v) is 12.7. The van der Waals surface area contributed by atoms with Gasteiger partial charge >= 0.3 is 0 Å². The number of nitriles is 1. The van der Waals surface area contributed by atoms with Crippen molar-refractivity contribution in [2.75, 3.05) is 18.5 Å². The summed E-state index contributed by atoms with van der Waals surface area (Å²) in [6.07, 6.45) is 6.52. The van der Waals surface area contributed by atoms with Gasteiger partial charge in [0.25, 0.3) is 0 Å². The Morgan fingerprint density at radius 3 is 2.65 bits per heavy atom. The molecule has 1 aliphatic rings. The highest BCUT2D eigenvalue weighted by Crippen LogP contribution is 2.29. The minimum atomic E-state index is 0.607. The Labute approximate surface area is 122 Å². The molecule has 1 N–H and O–H groups in total. The van der Waals surface area contributed by atoms with Gasteiger partial charge in [-0.1, -0.05) is 25.3 Å². The summed E-state index contributed by atoms with van der Waals surface area (Å²) in [4.78, 5) is 2.43. The molecule has 1 fully saturated rings. The van der Waals surface area contributed by atoms with E-state index in [1.54, 1.807) is 0 Å². The highest BCUT2D eigenvalue weighted by molar-refractivity contribution is 5.61. The lowest BCUT2D eigenvalue weighted by molar-refractivity contribution is 0.418. The summed E-state index contributed by atoms with van der Waals surface area (Å²) in [5, 5.41) is 12.6. The van der Waals surface area contributed by atoms with E-state index in [1.165, 1.54) is 37.7 Å². The average molecular weight is 271 g/mol. The van der Waals surface area contributed by atoms with Gasteiger partial charge in [-0.3, -0.25) is 0 Å². The van der Waals surface area contributed by atoms with Crippen LogP contribution in [0.25, 0.3) is 0 Å². The maximum absolute atomic E-state index is 9.46. The van der Waals surface area contributed by atoms with Crippen LogP contribution in [0.4, 0.5) is 5.69 Å². The lowest BCUT2D eigenvalue weighted by Crippen LogP contribution is -2.37. The second-order valence-corrected chi connectivity index (χ2v) is 5.57. The van der Waals surface area contributed by atoms with E-state index in [9.17, 15) is 5.26 Å². The van der Waals surface area contributed by atoms with Crippen molar-refractivity contribution in [3.63, 3.8) is 0 Å². The second-order valence-electron chi connectivity index (χ2n) is 5.57. The predicted octanol–water partition coefficient (Wildman–Crippen LogP) is 3.44. The number of nitrogens with zero attached hydrogens (tertiary/aromatic N) is 2. The molecule has 0 heterocycles. The van der Waals surface area contributed by atoms with Gasteiger partial charge in [0.2, 0.25) is 0 Å². The van der Waals surface area contributed by atoms with Crippen LogP contribution in [0.3, 0.4) is 0 Å². The van der Waals surface area contributed by atoms with E-state index < -0.39 is 0 Å². The van der Waals surface area contributed by atoms with E-state index in [-0.39, 0.29) is 0 Å². The number of hydrogen-bond donors (Lipinski definition) is 1. The monoisotopic (exact) mass is 271 g/mol. The molecule has 1 saturated carbocycles. The zero-order valence-electron chi connectivity index (χ0n) is 12.7. The average Bonchev–Trinajstić information content (AvgIpc) is 2.50. The van der Waals surface area contributed by atoms with E-state index in [0.717, 1.165) is 24.3 Å². The van der Waals surface area contributed by atoms with Gasteiger partial charge in [0.15, 0.2) is 0 Å². The van der Waals surface area contributed by atoms with Gasteiger partial charge in [0.05, 0.1) is 11.3 Å². The molecule has 0 saturated heterocycles. The van der Waals surface area contributed by atoms with Gasteiger partial charge in [-0.15, -0.1) is 0 Å². The molecule has 0 aliphatic heterocycles. The number of anilines is 1. The van der Waals surface area contributed by atoms with Gasteiger partial charge in [0, 0.05) is 19.1 Å². The van der Waals surface area contributed by atoms with Gasteiger partial charge < -0.3 is 10.2 Å². The fourth-order valence-electron chi connectivity index (χ4n) is 3.26. The van der Waals surface area contributed by atoms with Crippen LogP contribution in [0.2, 0.25) is 0 Å². The van der Waals surface area contributed by atoms with E-state index in [1.807, 2.05) is 13.1 Å². The highest BCUT2D eigenvalue weighted by Gasteiger charge is 2.22. The molecule has 3 nitrogen and oxygen atoms in total. The molecule has 0 amide bonds. The van der Waals surface area contributed by atoms with E-state index in [0.29, 0.717) is 6.04 Å². The Hall–Kier alpha value is -1.53. The number of nitrogens with one attached hydrogen (secondary N) is 1. The maximum atomic E-state index is 9.46. The largest absolute Gasteiger partial charge is 0.368 e. The summed E-state index contributed by atoms with van der Waals surface area (Å²) in [5.41, 5.74) is 3.10. The zero-order chi connectivity index (χ0) is 14.4. The minimum Gasteiger partial charge on any atom is -0.368 e. The van der Waals surface area contributed by atoms with Crippen molar-refractivity contribution in [1.82, 2.24) is 5.32 Å². The summed E-state index contributed by atoms with van der Waals surface area (Å²) >= 11 is 0. The Bertz CT molecular complexity index is 470. The highest BCUT2D eigenvalue weighted by atomic mass is 15.2. The van der Waals surface area contributed by atoms with Gasteiger partial charge in [-0.05, 0) is 44.5 Å². The topological polar surface area (TPSA) is 39.1 Å². The van der Waals surface area contributed by atoms with Crippen LogP contribution in [-0.4, -0.2) is 19.6 Å². The summed E-state index contributed by atoms with van der Waals surface area (Å²) < 4.78 is 0. The lowest BCUT2D eigenvalue weighted by atomic mass is 9.93. The van der Waals surface area contributed by atoms with Crippen LogP contribution >= 0.6 is 0 Å². The van der Waals surface area contributed by atoms with Crippen molar-refractivity contribution in [2.24, 2.45) is 0 Å². The van der Waals surface area contributed by atoms with Crippen molar-refractivity contribution in [2.45, 2.75) is 51.6 Å². The summed E-state index contributed by atoms with van der Waals surface area (Å²) in [6, 6.07) is 9.28. The first-order valence-electron chi connectivity index (χ1n) is 7.74. The molecular weight excluding hydrogens is 246 g/mol. The first-order valence-corrected chi connectivity index (χ1v) is 7.74. The second kappa shape index (κ2) is 7.31. The molecule has 1 aromatic carbocycles. The van der Waals surface area contributed by atoms with E-state index in [2.05, 4.69) is 35.3 Å². The van der Waals surface area contributed by atoms with E-state index in [4.69, 9.17) is 0 Å². The quantitative estimate of drug-likeness (QED) is 0.891. The van der Waals surface area contributed by atoms with Crippen molar-refractivity contribution >= 4 is 5.69 Å². The molecule has 0 atom stereocenters. The third-order valence-corrected chi connectivity index (χ3v) is 4.23. The van der Waals surface area contributed by atoms with Crippen LogP contribution in [0, 0.1) is 11.3 Å². The van der Waals surface area contributed by atoms with Crippen molar-refractivity contribution in [1.29, 1.82) is 5.26 Å². The standard InChI is InChI=1S/C17H25N3/c1-3-20(16-7-5-4-6-8-16)17-10-9-14(13-19-2)11-15(17)12-18/h9-11,16,19H,3-8,13H2,1-2H3. The molecular formula is C17H25N3. The lowest BCUT2D eigenvalue weighted by Gasteiger charge is -2.36. The SMILES string of the molecule is CCN(c1ccc(CNC)cc1C#N)C1CCCCC1. The molecule has 0 unspecified atom stereocenters. The molecule has 108 valence electrons. The fourth-order valence-corrected chi connectivity index (χ4v) is 3.26. The number of benzene rings is 1. The predicted molar refractivity (Wildman–Crippen MR) is 83.8 cm³/mol. The molecule has 2 rings (SSSR count). The molecule has 1 aromatic rings. The van der Waals surface area contributed by atoms with Crippen molar-refractivity contribution in [3.05, 3.63) is 29.3 Å². The van der Waals surface area contributed by atoms with Gasteiger partial charge in [-0.2, -0.15) is 5.26 Å². The maximum Gasteiger partial charge on any atom is 0.101 e. The number of hydrogen-bond acceptors (Lipinski definition) is 3. The molecule has 0 radical (unpaired) electrons. The summed E-state index contributed by atoms with van der Waals surface area (Å²) in [6.45, 7) is 3.98. The van der Waals surface area contributed by atoms with Crippen LogP contribution in [0.1, 0.15) is 50.2 Å². The molecule has 1 aliphatic carbocycles.